The third-order valence-corrected chi connectivity index (χ3v) is 8.05. The first-order chi connectivity index (χ1) is 17.7. The molecule has 1 saturated heterocycles. The molecule has 1 aromatic rings. The van der Waals surface area contributed by atoms with Crippen LogP contribution in [0.3, 0.4) is 0 Å². The van der Waals surface area contributed by atoms with Crippen molar-refractivity contribution in [1.82, 2.24) is 0 Å². The van der Waals surface area contributed by atoms with Crippen LogP contribution in [0.5, 0.6) is 5.75 Å². The minimum atomic E-state index is -0.726. The van der Waals surface area contributed by atoms with Gasteiger partial charge in [0, 0.05) is 44.8 Å². The molecule has 37 heavy (non-hydrogen) atoms. The molecule has 1 aliphatic heterocycles. The Kier molecular flexibility index (Phi) is 9.32. The summed E-state index contributed by atoms with van der Waals surface area (Å²) in [5.74, 6) is 0.800. The van der Waals surface area contributed by atoms with E-state index in [9.17, 15) is 15.0 Å². The van der Waals surface area contributed by atoms with Crippen LogP contribution in [0.2, 0.25) is 0 Å². The van der Waals surface area contributed by atoms with Crippen LogP contribution in [-0.4, -0.2) is 67.4 Å². The maximum atomic E-state index is 13.4. The van der Waals surface area contributed by atoms with Crippen LogP contribution >= 0.6 is 0 Å². The third kappa shape index (κ3) is 6.95. The predicted octanol–water partition coefficient (Wildman–Crippen LogP) is 4.27. The van der Waals surface area contributed by atoms with Crippen LogP contribution in [0.4, 0.5) is 5.69 Å². The molecular formula is C30H43NO6. The number of nitrogens with zero attached hydrogens (tertiary/aromatic N) is 1. The molecule has 0 radical (unpaired) electrons. The summed E-state index contributed by atoms with van der Waals surface area (Å²) in [6.45, 7) is 4.71. The number of ether oxygens (including phenoxy) is 3. The van der Waals surface area contributed by atoms with E-state index in [1.807, 2.05) is 56.3 Å². The van der Waals surface area contributed by atoms with Gasteiger partial charge in [-0.1, -0.05) is 38.1 Å². The fraction of sp³-hybridized carbons (Fsp3) is 0.633. The van der Waals surface area contributed by atoms with E-state index in [1.165, 1.54) is 0 Å². The summed E-state index contributed by atoms with van der Waals surface area (Å²) in [5.41, 5.74) is 2.03. The van der Waals surface area contributed by atoms with E-state index in [0.29, 0.717) is 44.0 Å². The molecule has 1 aromatic carbocycles. The Hall–Kier alpha value is -2.35. The number of aliphatic hydroxyl groups excluding tert-OH is 2. The predicted molar refractivity (Wildman–Crippen MR) is 144 cm³/mol. The second kappa shape index (κ2) is 12.5. The number of hydrogen-bond acceptors (Lipinski definition) is 7. The van der Waals surface area contributed by atoms with Crippen LogP contribution in [0.15, 0.2) is 48.1 Å². The third-order valence-electron chi connectivity index (χ3n) is 8.05. The van der Waals surface area contributed by atoms with Gasteiger partial charge in [-0.2, -0.15) is 0 Å². The Labute approximate surface area is 221 Å². The van der Waals surface area contributed by atoms with Crippen LogP contribution in [0.1, 0.15) is 52.4 Å². The molecule has 7 nitrogen and oxygen atoms in total. The summed E-state index contributed by atoms with van der Waals surface area (Å²) in [7, 11) is 3.92. The number of carbonyl (C=O) groups is 1. The molecule has 8 atom stereocenters. The van der Waals surface area contributed by atoms with E-state index in [2.05, 4.69) is 19.1 Å². The monoisotopic (exact) mass is 513 g/mol. The van der Waals surface area contributed by atoms with Crippen molar-refractivity contribution in [2.45, 2.75) is 82.9 Å². The smallest absolute Gasteiger partial charge is 0.347 e. The molecule has 0 bridgehead atoms. The minimum absolute atomic E-state index is 0.00967. The summed E-state index contributed by atoms with van der Waals surface area (Å²) >= 11 is 0. The number of aliphatic hydroxyl groups is 2. The fourth-order valence-corrected chi connectivity index (χ4v) is 5.95. The second-order valence-electron chi connectivity index (χ2n) is 11.0. The van der Waals surface area contributed by atoms with Gasteiger partial charge in [0.15, 0.2) is 6.10 Å². The quantitative estimate of drug-likeness (QED) is 0.477. The topological polar surface area (TPSA) is 88.5 Å². The van der Waals surface area contributed by atoms with Gasteiger partial charge >= 0.3 is 5.97 Å². The molecule has 3 aliphatic rings. The average Bonchev–Trinajstić information content (AvgIpc) is 2.87. The molecule has 0 aromatic heterocycles. The van der Waals surface area contributed by atoms with Crippen molar-refractivity contribution in [2.24, 2.45) is 17.8 Å². The first kappa shape index (κ1) is 27.7. The SMILES string of the molecule is CCC(Oc1cccc(N(C)C)c1)C(=O)O[C@H]1C[C@H](O)C=C2C=C[C@H](C)[C@H](CC[C@@H]3C[C@H](O)CCO3)[C@H]21. The summed E-state index contributed by atoms with van der Waals surface area (Å²) in [6, 6.07) is 7.66. The zero-order valence-corrected chi connectivity index (χ0v) is 22.6. The highest BCUT2D eigenvalue weighted by Crippen LogP contribution is 2.44. The number of rotatable bonds is 9. The van der Waals surface area contributed by atoms with E-state index >= 15 is 0 Å². The standard InChI is InChI=1S/C30H43NO6/c1-5-27(36-25-8-6-7-21(16-25)31(3)4)30(34)37-28-18-23(33)15-20-10-9-19(2)26(29(20)28)12-11-24-17-22(32)13-14-35-24/h6-10,15-16,19,22-24,26-29,32-33H,5,11-14,17-18H2,1-4H3/t19-,22+,23+,24+,26-,27?,28-,29-/m0/s1. The van der Waals surface area contributed by atoms with Gasteiger partial charge in [0.2, 0.25) is 0 Å². The van der Waals surface area contributed by atoms with Gasteiger partial charge in [0.1, 0.15) is 11.9 Å². The lowest BCUT2D eigenvalue weighted by molar-refractivity contribution is -0.163. The van der Waals surface area contributed by atoms with Crippen molar-refractivity contribution in [2.75, 3.05) is 25.6 Å². The number of carbonyl (C=O) groups excluding carboxylic acids is 1. The lowest BCUT2D eigenvalue weighted by atomic mass is 9.66. The Morgan fingerprint density at radius 2 is 2.03 bits per heavy atom. The van der Waals surface area contributed by atoms with E-state index in [4.69, 9.17) is 14.2 Å². The van der Waals surface area contributed by atoms with Gasteiger partial charge in [-0.05, 0) is 61.6 Å². The Morgan fingerprint density at radius 3 is 2.76 bits per heavy atom. The fourth-order valence-electron chi connectivity index (χ4n) is 5.95. The van der Waals surface area contributed by atoms with Crippen molar-refractivity contribution in [3.05, 3.63) is 48.1 Å². The van der Waals surface area contributed by atoms with Crippen molar-refractivity contribution < 1.29 is 29.2 Å². The van der Waals surface area contributed by atoms with Gasteiger partial charge in [0.05, 0.1) is 18.3 Å². The molecule has 204 valence electrons. The number of hydrogen-bond donors (Lipinski definition) is 2. The van der Waals surface area contributed by atoms with Gasteiger partial charge in [-0.25, -0.2) is 4.79 Å². The highest BCUT2D eigenvalue weighted by atomic mass is 16.6. The zero-order chi connectivity index (χ0) is 26.5. The van der Waals surface area contributed by atoms with Gasteiger partial charge in [-0.3, -0.25) is 0 Å². The van der Waals surface area contributed by atoms with Crippen LogP contribution in [0.25, 0.3) is 0 Å². The molecular weight excluding hydrogens is 470 g/mol. The maximum Gasteiger partial charge on any atom is 0.347 e. The second-order valence-corrected chi connectivity index (χ2v) is 11.0. The number of anilines is 1. The van der Waals surface area contributed by atoms with Crippen LogP contribution < -0.4 is 9.64 Å². The Bertz CT molecular complexity index is 975. The molecule has 4 rings (SSSR count). The number of esters is 1. The normalized spacial score (nSPS) is 32.2. The lowest BCUT2D eigenvalue weighted by Crippen LogP contribution is -2.44. The molecule has 0 saturated carbocycles. The number of benzene rings is 1. The Balaban J connectivity index is 1.46. The number of fused-ring (bicyclic) bond motifs is 1. The van der Waals surface area contributed by atoms with E-state index in [-0.39, 0.29) is 24.0 Å². The number of allylic oxidation sites excluding steroid dienone is 2. The van der Waals surface area contributed by atoms with Crippen molar-refractivity contribution in [3.63, 3.8) is 0 Å². The summed E-state index contributed by atoms with van der Waals surface area (Å²) < 4.78 is 18.1. The largest absolute Gasteiger partial charge is 0.479 e. The molecule has 1 heterocycles. The molecule has 1 fully saturated rings. The molecule has 0 amide bonds. The molecule has 7 heteroatoms. The van der Waals surface area contributed by atoms with Crippen LogP contribution in [-0.2, 0) is 14.3 Å². The minimum Gasteiger partial charge on any atom is -0.479 e. The molecule has 0 spiro atoms. The van der Waals surface area contributed by atoms with Crippen LogP contribution in [0, 0.1) is 17.8 Å². The first-order valence-electron chi connectivity index (χ1n) is 13.8. The van der Waals surface area contributed by atoms with Gasteiger partial charge in [0.25, 0.3) is 0 Å². The van der Waals surface area contributed by atoms with E-state index in [0.717, 1.165) is 24.1 Å². The summed E-state index contributed by atoms with van der Waals surface area (Å²) in [6.07, 6.45) is 8.12. The molecule has 2 N–H and O–H groups in total. The lowest BCUT2D eigenvalue weighted by Gasteiger charge is -2.43. The highest BCUT2D eigenvalue weighted by molar-refractivity contribution is 5.75. The Morgan fingerprint density at radius 1 is 1.22 bits per heavy atom. The van der Waals surface area contributed by atoms with Crippen molar-refractivity contribution >= 4 is 11.7 Å². The van der Waals surface area contributed by atoms with E-state index < -0.39 is 24.3 Å². The highest BCUT2D eigenvalue weighted by Gasteiger charge is 2.43. The first-order valence-corrected chi connectivity index (χ1v) is 13.8. The zero-order valence-electron chi connectivity index (χ0n) is 22.6. The van der Waals surface area contributed by atoms with Crippen molar-refractivity contribution in [1.29, 1.82) is 0 Å². The maximum absolute atomic E-state index is 13.4. The van der Waals surface area contributed by atoms with Gasteiger partial charge < -0.3 is 29.3 Å². The average molecular weight is 514 g/mol. The van der Waals surface area contributed by atoms with Gasteiger partial charge in [-0.15, -0.1) is 0 Å². The van der Waals surface area contributed by atoms with E-state index in [1.54, 1.807) is 0 Å². The summed E-state index contributed by atoms with van der Waals surface area (Å²) in [4.78, 5) is 15.3. The molecule has 1 unspecified atom stereocenters. The summed E-state index contributed by atoms with van der Waals surface area (Å²) in [5, 5.41) is 20.6. The molecule has 2 aliphatic carbocycles. The van der Waals surface area contributed by atoms with Crippen molar-refractivity contribution in [3.8, 4) is 5.75 Å².